The maximum Gasteiger partial charge on any atom is 0.310 e. The third kappa shape index (κ3) is 3.33. The van der Waals surface area contributed by atoms with E-state index in [2.05, 4.69) is 0 Å². The summed E-state index contributed by atoms with van der Waals surface area (Å²) in [5.41, 5.74) is 0.138. The Labute approximate surface area is 95.1 Å². The number of aliphatic carboxylic acids is 1. The molecule has 1 unspecified atom stereocenters. The Morgan fingerprint density at radius 1 is 1.44 bits per heavy atom. The van der Waals surface area contributed by atoms with E-state index in [0.717, 1.165) is 5.56 Å². The number of carboxylic acid groups (broad SMARTS) is 1. The highest BCUT2D eigenvalue weighted by molar-refractivity contribution is 5.76. The van der Waals surface area contributed by atoms with Gasteiger partial charge in [-0.1, -0.05) is 24.3 Å². The minimum absolute atomic E-state index is 0.237. The quantitative estimate of drug-likeness (QED) is 0.852. The van der Waals surface area contributed by atoms with E-state index in [1.54, 1.807) is 31.2 Å². The van der Waals surface area contributed by atoms with Crippen LogP contribution in [0.3, 0.4) is 0 Å². The highest BCUT2D eigenvalue weighted by Crippen LogP contribution is 2.25. The molecule has 16 heavy (non-hydrogen) atoms. The van der Waals surface area contributed by atoms with Gasteiger partial charge in [0.05, 0.1) is 5.92 Å². The SMILES string of the molecule is CC(C(=O)O)c1ccccc1CC(C)(C)F. The van der Waals surface area contributed by atoms with Gasteiger partial charge in [-0.15, -0.1) is 0 Å². The molecule has 1 aromatic carbocycles. The number of hydrogen-bond acceptors (Lipinski definition) is 1. The van der Waals surface area contributed by atoms with Crippen molar-refractivity contribution in [2.75, 3.05) is 0 Å². The van der Waals surface area contributed by atoms with Crippen LogP contribution in [0.4, 0.5) is 4.39 Å². The first kappa shape index (κ1) is 12.7. The lowest BCUT2D eigenvalue weighted by Gasteiger charge is -2.18. The molecular weight excluding hydrogens is 207 g/mol. The predicted octanol–water partition coefficient (Wildman–Crippen LogP) is 3.17. The second-order valence-electron chi connectivity index (χ2n) is 4.65. The number of alkyl halides is 1. The zero-order chi connectivity index (χ0) is 12.3. The van der Waals surface area contributed by atoms with Crippen molar-refractivity contribution in [3.63, 3.8) is 0 Å². The monoisotopic (exact) mass is 224 g/mol. The zero-order valence-corrected chi connectivity index (χ0v) is 9.83. The fourth-order valence-corrected chi connectivity index (χ4v) is 1.70. The first-order valence-electron chi connectivity index (χ1n) is 5.31. The summed E-state index contributed by atoms with van der Waals surface area (Å²) < 4.78 is 13.6. The molecule has 1 rings (SSSR count). The van der Waals surface area contributed by atoms with Crippen LogP contribution in [0, 0.1) is 0 Å². The van der Waals surface area contributed by atoms with Gasteiger partial charge < -0.3 is 5.11 Å². The minimum Gasteiger partial charge on any atom is -0.481 e. The average molecular weight is 224 g/mol. The summed E-state index contributed by atoms with van der Waals surface area (Å²) >= 11 is 0. The molecular formula is C13H17FO2. The van der Waals surface area contributed by atoms with Gasteiger partial charge in [0.25, 0.3) is 0 Å². The second-order valence-corrected chi connectivity index (χ2v) is 4.65. The van der Waals surface area contributed by atoms with E-state index in [1.807, 2.05) is 0 Å². The number of carboxylic acids is 1. The smallest absolute Gasteiger partial charge is 0.310 e. The predicted molar refractivity (Wildman–Crippen MR) is 61.4 cm³/mol. The normalized spacial score (nSPS) is 13.5. The van der Waals surface area contributed by atoms with Crippen molar-refractivity contribution < 1.29 is 14.3 Å². The maximum absolute atomic E-state index is 13.6. The summed E-state index contributed by atoms with van der Waals surface area (Å²) in [4.78, 5) is 10.9. The summed E-state index contributed by atoms with van der Waals surface area (Å²) in [6.45, 7) is 4.61. The van der Waals surface area contributed by atoms with Crippen molar-refractivity contribution in [1.29, 1.82) is 0 Å². The van der Waals surface area contributed by atoms with Crippen LogP contribution in [0.1, 0.15) is 37.8 Å². The number of benzene rings is 1. The highest BCUT2D eigenvalue weighted by Gasteiger charge is 2.22. The third-order valence-electron chi connectivity index (χ3n) is 2.50. The molecule has 0 saturated carbocycles. The van der Waals surface area contributed by atoms with Crippen molar-refractivity contribution in [3.05, 3.63) is 35.4 Å². The average Bonchev–Trinajstić information content (AvgIpc) is 2.15. The van der Waals surface area contributed by atoms with E-state index in [1.165, 1.54) is 13.8 Å². The van der Waals surface area contributed by atoms with E-state index in [4.69, 9.17) is 5.11 Å². The Hall–Kier alpha value is -1.38. The summed E-state index contributed by atoms with van der Waals surface area (Å²) in [6.07, 6.45) is 0.237. The molecule has 0 aromatic heterocycles. The molecule has 1 N–H and O–H groups in total. The van der Waals surface area contributed by atoms with Crippen molar-refractivity contribution in [2.24, 2.45) is 0 Å². The van der Waals surface area contributed by atoms with Crippen LogP contribution in [0.5, 0.6) is 0 Å². The van der Waals surface area contributed by atoms with E-state index < -0.39 is 17.6 Å². The molecule has 0 fully saturated rings. The van der Waals surface area contributed by atoms with Crippen LogP contribution in [-0.4, -0.2) is 16.7 Å². The summed E-state index contributed by atoms with van der Waals surface area (Å²) in [6, 6.07) is 7.12. The van der Waals surface area contributed by atoms with Gasteiger partial charge >= 0.3 is 5.97 Å². The minimum atomic E-state index is -1.33. The van der Waals surface area contributed by atoms with Crippen molar-refractivity contribution >= 4 is 5.97 Å². The van der Waals surface area contributed by atoms with E-state index in [9.17, 15) is 9.18 Å². The lowest BCUT2D eigenvalue weighted by atomic mass is 9.90. The van der Waals surface area contributed by atoms with Crippen LogP contribution in [0.15, 0.2) is 24.3 Å². The van der Waals surface area contributed by atoms with Crippen LogP contribution in [0.2, 0.25) is 0 Å². The topological polar surface area (TPSA) is 37.3 Å². The molecule has 0 spiro atoms. The summed E-state index contributed by atoms with van der Waals surface area (Å²) in [5, 5.41) is 8.96. The lowest BCUT2D eigenvalue weighted by Crippen LogP contribution is -2.18. The Morgan fingerprint density at radius 2 is 2.00 bits per heavy atom. The molecule has 1 aromatic rings. The van der Waals surface area contributed by atoms with E-state index in [0.29, 0.717) is 5.56 Å². The summed E-state index contributed by atoms with van der Waals surface area (Å²) in [7, 11) is 0. The van der Waals surface area contributed by atoms with Gasteiger partial charge in [0.15, 0.2) is 0 Å². The first-order chi connectivity index (χ1) is 7.31. The van der Waals surface area contributed by atoms with Gasteiger partial charge in [-0.25, -0.2) is 4.39 Å². The molecule has 0 aliphatic carbocycles. The Balaban J connectivity index is 3.05. The number of carbonyl (C=O) groups is 1. The fourth-order valence-electron chi connectivity index (χ4n) is 1.70. The molecule has 0 amide bonds. The van der Waals surface area contributed by atoms with E-state index >= 15 is 0 Å². The van der Waals surface area contributed by atoms with Crippen LogP contribution in [-0.2, 0) is 11.2 Å². The molecule has 2 nitrogen and oxygen atoms in total. The maximum atomic E-state index is 13.6. The number of rotatable bonds is 4. The van der Waals surface area contributed by atoms with Gasteiger partial charge in [0.2, 0.25) is 0 Å². The molecule has 88 valence electrons. The van der Waals surface area contributed by atoms with Gasteiger partial charge in [-0.3, -0.25) is 4.79 Å². The van der Waals surface area contributed by atoms with Crippen molar-refractivity contribution in [3.8, 4) is 0 Å². The third-order valence-corrected chi connectivity index (χ3v) is 2.50. The molecule has 0 aliphatic rings. The van der Waals surface area contributed by atoms with E-state index in [-0.39, 0.29) is 6.42 Å². The second kappa shape index (κ2) is 4.64. The number of hydrogen-bond donors (Lipinski definition) is 1. The van der Waals surface area contributed by atoms with Gasteiger partial charge in [-0.05, 0) is 31.9 Å². The van der Waals surface area contributed by atoms with Crippen molar-refractivity contribution in [2.45, 2.75) is 38.8 Å². The zero-order valence-electron chi connectivity index (χ0n) is 9.83. The van der Waals surface area contributed by atoms with Crippen molar-refractivity contribution in [1.82, 2.24) is 0 Å². The molecule has 0 saturated heterocycles. The highest BCUT2D eigenvalue weighted by atomic mass is 19.1. The molecule has 0 heterocycles. The Bertz CT molecular complexity index is 380. The van der Waals surface area contributed by atoms with Crippen LogP contribution >= 0.6 is 0 Å². The fraction of sp³-hybridized carbons (Fsp3) is 0.462. The molecule has 0 radical (unpaired) electrons. The Kier molecular flexibility index (Phi) is 3.68. The number of halogens is 1. The van der Waals surface area contributed by atoms with Gasteiger partial charge in [-0.2, -0.15) is 0 Å². The molecule has 1 atom stereocenters. The van der Waals surface area contributed by atoms with Gasteiger partial charge in [0.1, 0.15) is 5.67 Å². The first-order valence-corrected chi connectivity index (χ1v) is 5.31. The largest absolute Gasteiger partial charge is 0.481 e. The lowest BCUT2D eigenvalue weighted by molar-refractivity contribution is -0.138. The molecule has 0 bridgehead atoms. The molecule has 3 heteroatoms. The van der Waals surface area contributed by atoms with Crippen LogP contribution in [0.25, 0.3) is 0 Å². The van der Waals surface area contributed by atoms with Crippen LogP contribution < -0.4 is 0 Å². The Morgan fingerprint density at radius 3 is 2.50 bits per heavy atom. The summed E-state index contributed by atoms with van der Waals surface area (Å²) in [5.74, 6) is -1.48. The standard InChI is InChI=1S/C13H17FO2/c1-9(12(15)16)11-7-5-4-6-10(11)8-13(2,3)14/h4-7,9H,8H2,1-3H3,(H,15,16). The van der Waals surface area contributed by atoms with Gasteiger partial charge in [0, 0.05) is 6.42 Å². The molecule has 0 aliphatic heterocycles.